The summed E-state index contributed by atoms with van der Waals surface area (Å²) in [6, 6.07) is 19.5. The van der Waals surface area contributed by atoms with Crippen molar-refractivity contribution in [2.75, 3.05) is 13.6 Å². The van der Waals surface area contributed by atoms with E-state index >= 15 is 0 Å². The SMILES string of the molecule is CNCC(=O)O.N=C(c1ccccc1)c1ccccc1. The average Bonchev–Trinajstić information content (AvgIpc) is 2.49. The van der Waals surface area contributed by atoms with Crippen LogP contribution in [-0.4, -0.2) is 30.4 Å². The second-order valence-corrected chi connectivity index (χ2v) is 4.03. The number of carboxylic acid groups (broad SMARTS) is 1. The molecule has 0 heterocycles. The second-order valence-electron chi connectivity index (χ2n) is 4.03. The van der Waals surface area contributed by atoms with Gasteiger partial charge in [0.05, 0.1) is 12.3 Å². The lowest BCUT2D eigenvalue weighted by atomic mass is 10.0. The standard InChI is InChI=1S/C13H11N.C3H7NO2/c14-13(11-7-3-1-4-8-11)12-9-5-2-6-10-12;1-4-2-3(5)6/h1-10,14H;4H,2H2,1H3,(H,5,6). The molecule has 0 aliphatic carbocycles. The van der Waals surface area contributed by atoms with Gasteiger partial charge in [-0.05, 0) is 18.2 Å². The van der Waals surface area contributed by atoms with Gasteiger partial charge in [-0.2, -0.15) is 0 Å². The van der Waals surface area contributed by atoms with Crippen molar-refractivity contribution in [3.63, 3.8) is 0 Å². The fourth-order valence-corrected chi connectivity index (χ4v) is 1.53. The normalized spacial score (nSPS) is 9.25. The van der Waals surface area contributed by atoms with Gasteiger partial charge in [-0.15, -0.1) is 0 Å². The summed E-state index contributed by atoms with van der Waals surface area (Å²) in [7, 11) is 1.59. The number of rotatable bonds is 4. The first-order valence-electron chi connectivity index (χ1n) is 6.21. The van der Waals surface area contributed by atoms with Gasteiger partial charge in [-0.25, -0.2) is 0 Å². The summed E-state index contributed by atoms with van der Waals surface area (Å²) >= 11 is 0. The first kappa shape index (κ1) is 15.6. The number of likely N-dealkylation sites (N-methyl/N-ethyl adjacent to an activating group) is 1. The third-order valence-electron chi connectivity index (χ3n) is 2.45. The molecule has 0 saturated heterocycles. The van der Waals surface area contributed by atoms with Gasteiger partial charge in [0, 0.05) is 0 Å². The maximum absolute atomic E-state index is 9.54. The molecule has 3 N–H and O–H groups in total. The zero-order valence-electron chi connectivity index (χ0n) is 11.3. The zero-order chi connectivity index (χ0) is 14.8. The highest BCUT2D eigenvalue weighted by atomic mass is 16.4. The molecule has 0 bridgehead atoms. The fourth-order valence-electron chi connectivity index (χ4n) is 1.53. The molecular formula is C16H18N2O2. The summed E-state index contributed by atoms with van der Waals surface area (Å²) in [5, 5.41) is 18.3. The van der Waals surface area contributed by atoms with Crippen LogP contribution in [0.4, 0.5) is 0 Å². The lowest BCUT2D eigenvalue weighted by molar-refractivity contribution is -0.135. The van der Waals surface area contributed by atoms with Crippen molar-refractivity contribution >= 4 is 11.7 Å². The van der Waals surface area contributed by atoms with E-state index in [9.17, 15) is 4.79 Å². The minimum absolute atomic E-state index is 0.0417. The van der Waals surface area contributed by atoms with Crippen molar-refractivity contribution in [1.29, 1.82) is 5.41 Å². The van der Waals surface area contributed by atoms with Crippen LogP contribution >= 0.6 is 0 Å². The van der Waals surface area contributed by atoms with Crippen molar-refractivity contribution in [3.8, 4) is 0 Å². The molecule has 0 saturated carbocycles. The molecule has 2 aromatic carbocycles. The van der Waals surface area contributed by atoms with Crippen LogP contribution in [0.1, 0.15) is 11.1 Å². The number of carbonyl (C=O) groups is 1. The average molecular weight is 270 g/mol. The number of hydrogen-bond donors (Lipinski definition) is 3. The summed E-state index contributed by atoms with van der Waals surface area (Å²) in [6.45, 7) is 0.0417. The molecule has 0 spiro atoms. The Labute approximate surface area is 118 Å². The molecule has 0 aliphatic rings. The van der Waals surface area contributed by atoms with E-state index in [1.165, 1.54) is 0 Å². The second kappa shape index (κ2) is 8.61. The lowest BCUT2D eigenvalue weighted by Crippen LogP contribution is -2.16. The monoisotopic (exact) mass is 270 g/mol. The highest BCUT2D eigenvalue weighted by Gasteiger charge is 2.01. The Morgan fingerprint density at radius 1 is 1.00 bits per heavy atom. The van der Waals surface area contributed by atoms with E-state index in [1.807, 2.05) is 60.7 Å². The van der Waals surface area contributed by atoms with Crippen LogP contribution in [-0.2, 0) is 4.79 Å². The predicted molar refractivity (Wildman–Crippen MR) is 80.4 cm³/mol. The smallest absolute Gasteiger partial charge is 0.317 e. The maximum atomic E-state index is 9.54. The van der Waals surface area contributed by atoms with Crippen molar-refractivity contribution in [1.82, 2.24) is 5.32 Å². The van der Waals surface area contributed by atoms with E-state index in [-0.39, 0.29) is 6.54 Å². The first-order valence-corrected chi connectivity index (χ1v) is 6.21. The summed E-state index contributed by atoms with van der Waals surface area (Å²) in [6.07, 6.45) is 0. The van der Waals surface area contributed by atoms with Gasteiger partial charge in [0.2, 0.25) is 0 Å². The van der Waals surface area contributed by atoms with Gasteiger partial charge in [0.25, 0.3) is 0 Å². The van der Waals surface area contributed by atoms with Crippen LogP contribution in [0.2, 0.25) is 0 Å². The third kappa shape index (κ3) is 5.46. The molecule has 0 aromatic heterocycles. The Morgan fingerprint density at radius 3 is 1.65 bits per heavy atom. The van der Waals surface area contributed by atoms with Crippen LogP contribution in [0.25, 0.3) is 0 Å². The van der Waals surface area contributed by atoms with Gasteiger partial charge in [0.15, 0.2) is 0 Å². The maximum Gasteiger partial charge on any atom is 0.317 e. The van der Waals surface area contributed by atoms with Crippen molar-refractivity contribution in [2.45, 2.75) is 0 Å². The minimum Gasteiger partial charge on any atom is -0.480 e. The topological polar surface area (TPSA) is 73.2 Å². The van der Waals surface area contributed by atoms with Crippen LogP contribution in [0, 0.1) is 5.41 Å². The summed E-state index contributed by atoms with van der Waals surface area (Å²) < 4.78 is 0. The van der Waals surface area contributed by atoms with Crippen LogP contribution < -0.4 is 5.32 Å². The number of aliphatic carboxylic acids is 1. The quantitative estimate of drug-likeness (QED) is 0.747. The van der Waals surface area contributed by atoms with Crippen molar-refractivity contribution < 1.29 is 9.90 Å². The molecule has 4 nitrogen and oxygen atoms in total. The van der Waals surface area contributed by atoms with Gasteiger partial charge in [0.1, 0.15) is 0 Å². The Balaban J connectivity index is 0.000000286. The molecule has 4 heteroatoms. The molecule has 0 aliphatic heterocycles. The predicted octanol–water partition coefficient (Wildman–Crippen LogP) is 2.39. The van der Waals surface area contributed by atoms with Crippen molar-refractivity contribution in [2.24, 2.45) is 0 Å². The molecule has 104 valence electrons. The summed E-state index contributed by atoms with van der Waals surface area (Å²) in [5.41, 5.74) is 2.49. The van der Waals surface area contributed by atoms with Crippen LogP contribution in [0.15, 0.2) is 60.7 Å². The molecule has 0 fully saturated rings. The minimum atomic E-state index is -0.822. The number of benzene rings is 2. The van der Waals surface area contributed by atoms with Gasteiger partial charge < -0.3 is 10.4 Å². The number of hydrogen-bond acceptors (Lipinski definition) is 3. The van der Waals surface area contributed by atoms with Crippen molar-refractivity contribution in [3.05, 3.63) is 71.8 Å². The van der Waals surface area contributed by atoms with Gasteiger partial charge in [-0.3, -0.25) is 10.2 Å². The molecule has 0 unspecified atom stereocenters. The third-order valence-corrected chi connectivity index (χ3v) is 2.45. The highest BCUT2D eigenvalue weighted by Crippen LogP contribution is 2.08. The van der Waals surface area contributed by atoms with E-state index in [1.54, 1.807) is 7.05 Å². The summed E-state index contributed by atoms with van der Waals surface area (Å²) in [4.78, 5) is 9.54. The Kier molecular flexibility index (Phi) is 6.71. The van der Waals surface area contributed by atoms with Crippen LogP contribution in [0.3, 0.4) is 0 Å². The molecular weight excluding hydrogens is 252 g/mol. The van der Waals surface area contributed by atoms with Crippen LogP contribution in [0.5, 0.6) is 0 Å². The Morgan fingerprint density at radius 2 is 1.40 bits per heavy atom. The van der Waals surface area contributed by atoms with E-state index in [0.717, 1.165) is 11.1 Å². The summed E-state index contributed by atoms with van der Waals surface area (Å²) in [5.74, 6) is -0.822. The number of nitrogens with one attached hydrogen (secondary N) is 2. The largest absolute Gasteiger partial charge is 0.480 e. The molecule has 0 radical (unpaired) electrons. The van der Waals surface area contributed by atoms with Gasteiger partial charge >= 0.3 is 5.97 Å². The Bertz CT molecular complexity index is 497. The molecule has 0 amide bonds. The fraction of sp³-hybridized carbons (Fsp3) is 0.125. The van der Waals surface area contributed by atoms with E-state index in [2.05, 4.69) is 5.32 Å². The zero-order valence-corrected chi connectivity index (χ0v) is 11.3. The molecule has 20 heavy (non-hydrogen) atoms. The highest BCUT2D eigenvalue weighted by molar-refractivity contribution is 6.10. The van der Waals surface area contributed by atoms with E-state index in [0.29, 0.717) is 5.71 Å². The lowest BCUT2D eigenvalue weighted by Gasteiger charge is -2.02. The van der Waals surface area contributed by atoms with E-state index in [4.69, 9.17) is 10.5 Å². The molecule has 2 rings (SSSR count). The Hall–Kier alpha value is -2.46. The van der Waals surface area contributed by atoms with Gasteiger partial charge in [-0.1, -0.05) is 60.7 Å². The number of carboxylic acids is 1. The molecule has 0 atom stereocenters. The molecule has 2 aromatic rings. The first-order chi connectivity index (χ1) is 9.65. The van der Waals surface area contributed by atoms with E-state index < -0.39 is 5.97 Å².